The number of nitrogens with one attached hydrogen (secondary N) is 1. The van der Waals surface area contributed by atoms with Crippen LogP contribution in [0.5, 0.6) is 0 Å². The Balaban J connectivity index is 2.08. The summed E-state index contributed by atoms with van der Waals surface area (Å²) in [6.45, 7) is 0. The normalized spacial score (nSPS) is 10.4. The highest BCUT2D eigenvalue weighted by Crippen LogP contribution is 2.18. The third-order valence-electron chi connectivity index (χ3n) is 2.77. The number of nitrogens with zero attached hydrogens (tertiary/aromatic N) is 5. The predicted molar refractivity (Wildman–Crippen MR) is 67.1 cm³/mol. The van der Waals surface area contributed by atoms with Gasteiger partial charge in [0.2, 0.25) is 0 Å². The molecule has 3 aromatic rings. The maximum Gasteiger partial charge on any atom is 0.360 e. The minimum atomic E-state index is -0.557. The van der Waals surface area contributed by atoms with Gasteiger partial charge in [-0.3, -0.25) is 5.10 Å². The number of carbonyl (C=O) groups excluding carboxylic acids is 1. The fourth-order valence-electron chi connectivity index (χ4n) is 1.80. The summed E-state index contributed by atoms with van der Waals surface area (Å²) in [6.07, 6.45) is 1.32. The fourth-order valence-corrected chi connectivity index (χ4v) is 1.80. The van der Waals surface area contributed by atoms with Crippen molar-refractivity contribution in [3.63, 3.8) is 0 Å². The van der Waals surface area contributed by atoms with Crippen LogP contribution in [0, 0.1) is 11.3 Å². The highest BCUT2D eigenvalue weighted by Gasteiger charge is 2.12. The van der Waals surface area contributed by atoms with Crippen LogP contribution >= 0.6 is 0 Å². The second-order valence-electron chi connectivity index (χ2n) is 3.92. The Morgan fingerprint density at radius 3 is 3.10 bits per heavy atom. The highest BCUT2D eigenvalue weighted by atomic mass is 16.5. The van der Waals surface area contributed by atoms with Crippen molar-refractivity contribution in [3.8, 4) is 11.8 Å². The van der Waals surface area contributed by atoms with Crippen molar-refractivity contribution in [1.29, 1.82) is 5.26 Å². The van der Waals surface area contributed by atoms with E-state index in [1.165, 1.54) is 18.1 Å². The third-order valence-corrected chi connectivity index (χ3v) is 2.77. The highest BCUT2D eigenvalue weighted by molar-refractivity contribution is 5.87. The van der Waals surface area contributed by atoms with Gasteiger partial charge >= 0.3 is 5.97 Å². The van der Waals surface area contributed by atoms with Gasteiger partial charge in [-0.2, -0.15) is 20.3 Å². The third kappa shape index (κ3) is 1.78. The molecule has 0 saturated heterocycles. The molecule has 8 nitrogen and oxygen atoms in total. The number of hydrogen-bond donors (Lipinski definition) is 1. The molecule has 3 rings (SSSR count). The van der Waals surface area contributed by atoms with Crippen LogP contribution in [0.4, 0.5) is 0 Å². The lowest BCUT2D eigenvalue weighted by atomic mass is 10.2. The summed E-state index contributed by atoms with van der Waals surface area (Å²) in [4.78, 5) is 12.6. The first-order valence-electron chi connectivity index (χ1n) is 5.62. The molecule has 20 heavy (non-hydrogen) atoms. The summed E-state index contributed by atoms with van der Waals surface area (Å²) >= 11 is 0. The number of ether oxygens (including phenoxy) is 1. The molecule has 8 heteroatoms. The average Bonchev–Trinajstić information content (AvgIpc) is 3.12. The van der Waals surface area contributed by atoms with Crippen LogP contribution in [0.1, 0.15) is 16.2 Å². The number of esters is 1. The Hall–Kier alpha value is -3.21. The molecule has 0 fully saturated rings. The zero-order chi connectivity index (χ0) is 14.1. The number of H-pyrrole nitrogens is 1. The quantitative estimate of drug-likeness (QED) is 0.688. The van der Waals surface area contributed by atoms with Gasteiger partial charge in [0.1, 0.15) is 6.07 Å². The van der Waals surface area contributed by atoms with Crippen molar-refractivity contribution in [3.05, 3.63) is 35.8 Å². The molecule has 0 atom stereocenters. The topological polar surface area (TPSA) is 109 Å². The minimum absolute atomic E-state index is 0.111. The van der Waals surface area contributed by atoms with E-state index in [2.05, 4.69) is 25.1 Å². The molecular weight excluding hydrogens is 260 g/mol. The first-order chi connectivity index (χ1) is 9.72. The second-order valence-corrected chi connectivity index (χ2v) is 3.92. The Bertz CT molecular complexity index is 841. The second kappa shape index (κ2) is 4.47. The predicted octanol–water partition coefficient (Wildman–Crippen LogP) is 0.802. The maximum absolute atomic E-state index is 11.3. The molecule has 0 saturated carbocycles. The zero-order valence-corrected chi connectivity index (χ0v) is 10.4. The molecule has 0 bridgehead atoms. The van der Waals surface area contributed by atoms with Gasteiger partial charge in [0.05, 0.1) is 24.5 Å². The lowest BCUT2D eigenvalue weighted by Gasteiger charge is -1.99. The van der Waals surface area contributed by atoms with Crippen LogP contribution in [0.15, 0.2) is 24.4 Å². The van der Waals surface area contributed by atoms with E-state index in [1.54, 1.807) is 18.2 Å². The monoisotopic (exact) mass is 268 g/mol. The molecular formula is C12H8N6O2. The van der Waals surface area contributed by atoms with Crippen molar-refractivity contribution < 1.29 is 9.53 Å². The van der Waals surface area contributed by atoms with E-state index in [0.29, 0.717) is 16.8 Å². The standard InChI is InChI=1S/C12H8N6O2/c1-20-12(19)11-6-14-18(17-11)7-2-3-9-8(4-7)10(5-13)16-15-9/h2-4,6H,1H3,(H,15,16). The van der Waals surface area contributed by atoms with Gasteiger partial charge in [0, 0.05) is 5.39 Å². The number of carbonyl (C=O) groups is 1. The first-order valence-corrected chi connectivity index (χ1v) is 5.62. The van der Waals surface area contributed by atoms with Crippen molar-refractivity contribution in [2.75, 3.05) is 7.11 Å². The molecule has 98 valence electrons. The zero-order valence-electron chi connectivity index (χ0n) is 10.4. The molecule has 0 unspecified atom stereocenters. The Morgan fingerprint density at radius 1 is 1.50 bits per heavy atom. The van der Waals surface area contributed by atoms with Gasteiger partial charge in [-0.1, -0.05) is 0 Å². The number of aromatic nitrogens is 5. The summed E-state index contributed by atoms with van der Waals surface area (Å²) in [6, 6.07) is 7.23. The van der Waals surface area contributed by atoms with Gasteiger partial charge in [-0.05, 0) is 18.2 Å². The maximum atomic E-state index is 11.3. The number of aromatic amines is 1. The number of benzene rings is 1. The molecule has 0 amide bonds. The Kier molecular flexibility index (Phi) is 2.65. The van der Waals surface area contributed by atoms with Crippen LogP contribution in [-0.2, 0) is 4.74 Å². The minimum Gasteiger partial charge on any atom is -0.464 e. The molecule has 1 aromatic carbocycles. The Labute approximate surface area is 112 Å². The molecule has 0 spiro atoms. The van der Waals surface area contributed by atoms with Crippen molar-refractivity contribution >= 4 is 16.9 Å². The van der Waals surface area contributed by atoms with Crippen LogP contribution in [0.3, 0.4) is 0 Å². The van der Waals surface area contributed by atoms with E-state index < -0.39 is 5.97 Å². The van der Waals surface area contributed by atoms with Crippen LogP contribution in [0.2, 0.25) is 0 Å². The van der Waals surface area contributed by atoms with Crippen LogP contribution in [-0.4, -0.2) is 38.3 Å². The van der Waals surface area contributed by atoms with Gasteiger partial charge in [0.15, 0.2) is 11.4 Å². The summed E-state index contributed by atoms with van der Waals surface area (Å²) < 4.78 is 4.57. The number of rotatable bonds is 2. The number of nitriles is 1. The molecule has 0 aliphatic heterocycles. The number of hydrogen-bond acceptors (Lipinski definition) is 6. The summed E-state index contributed by atoms with van der Waals surface area (Å²) in [7, 11) is 1.28. The van der Waals surface area contributed by atoms with Crippen LogP contribution in [0.25, 0.3) is 16.6 Å². The smallest absolute Gasteiger partial charge is 0.360 e. The van der Waals surface area contributed by atoms with E-state index in [4.69, 9.17) is 5.26 Å². The molecule has 1 N–H and O–H groups in total. The lowest BCUT2D eigenvalue weighted by Crippen LogP contribution is -2.04. The van der Waals surface area contributed by atoms with E-state index >= 15 is 0 Å². The summed E-state index contributed by atoms with van der Waals surface area (Å²) in [5.74, 6) is -0.557. The molecule has 0 aliphatic carbocycles. The van der Waals surface area contributed by atoms with Gasteiger partial charge in [-0.25, -0.2) is 4.79 Å². The molecule has 0 radical (unpaired) electrons. The van der Waals surface area contributed by atoms with E-state index in [-0.39, 0.29) is 5.69 Å². The lowest BCUT2D eigenvalue weighted by molar-refractivity contribution is 0.0593. The first kappa shape index (κ1) is 11.9. The largest absolute Gasteiger partial charge is 0.464 e. The van der Waals surface area contributed by atoms with Gasteiger partial charge in [0.25, 0.3) is 0 Å². The number of methoxy groups -OCH3 is 1. The SMILES string of the molecule is COC(=O)c1cnn(-c2ccc3[nH]nc(C#N)c3c2)n1. The number of fused-ring (bicyclic) bond motifs is 1. The van der Waals surface area contributed by atoms with E-state index in [9.17, 15) is 4.79 Å². The van der Waals surface area contributed by atoms with E-state index in [0.717, 1.165) is 5.52 Å². The van der Waals surface area contributed by atoms with E-state index in [1.807, 2.05) is 6.07 Å². The van der Waals surface area contributed by atoms with Crippen molar-refractivity contribution in [2.45, 2.75) is 0 Å². The molecule has 2 aromatic heterocycles. The van der Waals surface area contributed by atoms with Crippen molar-refractivity contribution in [1.82, 2.24) is 25.2 Å². The van der Waals surface area contributed by atoms with Gasteiger partial charge in [-0.15, -0.1) is 5.10 Å². The molecule has 2 heterocycles. The Morgan fingerprint density at radius 2 is 2.35 bits per heavy atom. The van der Waals surface area contributed by atoms with Crippen LogP contribution < -0.4 is 0 Å². The van der Waals surface area contributed by atoms with Crippen molar-refractivity contribution in [2.24, 2.45) is 0 Å². The molecule has 0 aliphatic rings. The average molecular weight is 268 g/mol. The summed E-state index contributed by atoms with van der Waals surface area (Å²) in [5, 5.41) is 24.3. The van der Waals surface area contributed by atoms with Gasteiger partial charge < -0.3 is 4.74 Å². The summed E-state index contributed by atoms with van der Waals surface area (Å²) in [5.41, 5.74) is 1.76. The fraction of sp³-hybridized carbons (Fsp3) is 0.0833.